The minimum Gasteiger partial charge on any atom is -0.497 e. The van der Waals surface area contributed by atoms with Gasteiger partial charge in [-0.25, -0.2) is 0 Å². The van der Waals surface area contributed by atoms with Gasteiger partial charge < -0.3 is 15.2 Å². The van der Waals surface area contributed by atoms with Gasteiger partial charge in [-0.2, -0.15) is 0 Å². The number of aliphatic hydroxyl groups excluding tert-OH is 1. The summed E-state index contributed by atoms with van der Waals surface area (Å²) in [6.07, 6.45) is 3.34. The minimum atomic E-state index is -0.168. The second-order valence-corrected chi connectivity index (χ2v) is 5.94. The highest BCUT2D eigenvalue weighted by Crippen LogP contribution is 2.20. The van der Waals surface area contributed by atoms with Gasteiger partial charge in [-0.1, -0.05) is 18.0 Å². The molecule has 0 bridgehead atoms. The Kier molecular flexibility index (Phi) is 6.49. The average Bonchev–Trinajstić information content (AvgIpc) is 2.54. The molecule has 0 unspecified atom stereocenters. The lowest BCUT2D eigenvalue weighted by Crippen LogP contribution is -2.45. The third-order valence-corrected chi connectivity index (χ3v) is 4.23. The maximum atomic E-state index is 12.2. The molecule has 0 aliphatic carbocycles. The topological polar surface area (TPSA) is 61.8 Å². The van der Waals surface area contributed by atoms with Crippen molar-refractivity contribution in [2.24, 2.45) is 0 Å². The Morgan fingerprint density at radius 3 is 3.00 bits per heavy atom. The van der Waals surface area contributed by atoms with Crippen LogP contribution in [0.2, 0.25) is 5.02 Å². The number of nitrogens with one attached hydrogen (secondary N) is 1. The summed E-state index contributed by atoms with van der Waals surface area (Å²) in [7, 11) is 1.54. The number of likely N-dealkylation sites (tertiary alicyclic amines) is 1. The van der Waals surface area contributed by atoms with Gasteiger partial charge in [0, 0.05) is 29.7 Å². The fourth-order valence-corrected chi connectivity index (χ4v) is 3.01. The molecule has 1 aliphatic rings. The number of carbonyl (C=O) groups excluding carboxylic acids is 1. The van der Waals surface area contributed by atoms with E-state index in [1.807, 2.05) is 0 Å². The smallest absolute Gasteiger partial charge is 0.251 e. The Bertz CT molecular complexity index is 510. The van der Waals surface area contributed by atoms with Crippen LogP contribution in [0.15, 0.2) is 18.2 Å². The lowest BCUT2D eigenvalue weighted by Gasteiger charge is -2.34. The predicted molar refractivity (Wildman–Crippen MR) is 86.6 cm³/mol. The molecular weight excluding hydrogens is 304 g/mol. The maximum Gasteiger partial charge on any atom is 0.251 e. The molecule has 1 fully saturated rings. The fraction of sp³-hybridized carbons (Fsp3) is 0.562. The predicted octanol–water partition coefficient (Wildman–Crippen LogP) is 1.93. The number of hydrogen-bond donors (Lipinski definition) is 2. The molecule has 2 rings (SSSR count). The molecule has 0 radical (unpaired) electrons. The van der Waals surface area contributed by atoms with Crippen LogP contribution in [0.25, 0.3) is 0 Å². The standard InChI is InChI=1S/C16H23ClN2O3/c1-22-15-9-12(8-13(17)10-15)16(21)18-5-7-19-6-3-2-4-14(19)11-20/h8-10,14,20H,2-7,11H2,1H3,(H,18,21)/t14-/m1/s1. The van der Waals surface area contributed by atoms with E-state index in [0.717, 1.165) is 32.4 Å². The zero-order chi connectivity index (χ0) is 15.9. The van der Waals surface area contributed by atoms with Gasteiger partial charge in [0.25, 0.3) is 5.91 Å². The lowest BCUT2D eigenvalue weighted by atomic mass is 10.0. The Morgan fingerprint density at radius 2 is 2.27 bits per heavy atom. The van der Waals surface area contributed by atoms with E-state index >= 15 is 0 Å². The van der Waals surface area contributed by atoms with Crippen molar-refractivity contribution in [2.75, 3.05) is 33.4 Å². The monoisotopic (exact) mass is 326 g/mol. The molecule has 6 heteroatoms. The van der Waals surface area contributed by atoms with Gasteiger partial charge in [0.1, 0.15) is 5.75 Å². The number of aliphatic hydroxyl groups is 1. The highest BCUT2D eigenvalue weighted by molar-refractivity contribution is 6.31. The van der Waals surface area contributed by atoms with Gasteiger partial charge in [0.2, 0.25) is 0 Å². The Morgan fingerprint density at radius 1 is 1.45 bits per heavy atom. The molecule has 122 valence electrons. The number of carbonyl (C=O) groups is 1. The number of ether oxygens (including phenoxy) is 1. The zero-order valence-electron chi connectivity index (χ0n) is 12.8. The van der Waals surface area contributed by atoms with E-state index < -0.39 is 0 Å². The first-order chi connectivity index (χ1) is 10.6. The van der Waals surface area contributed by atoms with E-state index in [-0.39, 0.29) is 18.6 Å². The van der Waals surface area contributed by atoms with Crippen molar-refractivity contribution in [2.45, 2.75) is 25.3 Å². The molecule has 5 nitrogen and oxygen atoms in total. The van der Waals surface area contributed by atoms with Crippen LogP contribution in [0, 0.1) is 0 Å². The number of amides is 1. The first-order valence-corrected chi connectivity index (χ1v) is 7.99. The van der Waals surface area contributed by atoms with Crippen molar-refractivity contribution in [1.29, 1.82) is 0 Å². The van der Waals surface area contributed by atoms with E-state index in [4.69, 9.17) is 16.3 Å². The molecule has 2 N–H and O–H groups in total. The van der Waals surface area contributed by atoms with Crippen LogP contribution in [-0.4, -0.2) is 55.3 Å². The number of benzene rings is 1. The molecule has 0 saturated carbocycles. The van der Waals surface area contributed by atoms with Crippen molar-refractivity contribution in [3.8, 4) is 5.75 Å². The SMILES string of the molecule is COc1cc(Cl)cc(C(=O)NCCN2CCCC[C@@H]2CO)c1. The molecule has 0 spiro atoms. The van der Waals surface area contributed by atoms with Crippen molar-refractivity contribution < 1.29 is 14.6 Å². The van der Waals surface area contributed by atoms with Crippen molar-refractivity contribution >= 4 is 17.5 Å². The quantitative estimate of drug-likeness (QED) is 0.838. The number of halogens is 1. The highest BCUT2D eigenvalue weighted by Gasteiger charge is 2.21. The van der Waals surface area contributed by atoms with Gasteiger partial charge in [-0.15, -0.1) is 0 Å². The fourth-order valence-electron chi connectivity index (χ4n) is 2.79. The van der Waals surface area contributed by atoms with Crippen molar-refractivity contribution in [3.05, 3.63) is 28.8 Å². The van der Waals surface area contributed by atoms with Gasteiger partial charge in [0.05, 0.1) is 13.7 Å². The minimum absolute atomic E-state index is 0.168. The molecule has 1 saturated heterocycles. The summed E-state index contributed by atoms with van der Waals surface area (Å²) in [5.41, 5.74) is 0.488. The van der Waals surface area contributed by atoms with E-state index in [2.05, 4.69) is 10.2 Å². The van der Waals surface area contributed by atoms with E-state index in [1.54, 1.807) is 25.3 Å². The van der Waals surface area contributed by atoms with Crippen molar-refractivity contribution in [3.63, 3.8) is 0 Å². The van der Waals surface area contributed by atoms with Gasteiger partial charge in [-0.3, -0.25) is 9.69 Å². The van der Waals surface area contributed by atoms with Crippen LogP contribution in [0.3, 0.4) is 0 Å². The largest absolute Gasteiger partial charge is 0.497 e. The van der Waals surface area contributed by atoms with Crippen LogP contribution >= 0.6 is 11.6 Å². The van der Waals surface area contributed by atoms with E-state index in [1.165, 1.54) is 0 Å². The molecule has 1 aromatic rings. The number of methoxy groups -OCH3 is 1. The first kappa shape index (κ1) is 17.1. The molecule has 1 aliphatic heterocycles. The Labute approximate surface area is 136 Å². The summed E-state index contributed by atoms with van der Waals surface area (Å²) in [4.78, 5) is 14.4. The van der Waals surface area contributed by atoms with Crippen LogP contribution in [0.4, 0.5) is 0 Å². The lowest BCUT2D eigenvalue weighted by molar-refractivity contribution is 0.0849. The second-order valence-electron chi connectivity index (χ2n) is 5.50. The van der Waals surface area contributed by atoms with Gasteiger partial charge in [-0.05, 0) is 37.6 Å². The summed E-state index contributed by atoms with van der Waals surface area (Å²) in [5, 5.41) is 12.7. The Hall–Kier alpha value is -1.30. The normalized spacial score (nSPS) is 19.0. The van der Waals surface area contributed by atoms with Crippen LogP contribution in [-0.2, 0) is 0 Å². The second kappa shape index (κ2) is 8.36. The van der Waals surface area contributed by atoms with E-state index in [9.17, 15) is 9.90 Å². The number of piperidine rings is 1. The maximum absolute atomic E-state index is 12.2. The van der Waals surface area contributed by atoms with Crippen molar-refractivity contribution in [1.82, 2.24) is 10.2 Å². The van der Waals surface area contributed by atoms with Crippen LogP contribution in [0.1, 0.15) is 29.6 Å². The Balaban J connectivity index is 1.86. The molecule has 1 atom stereocenters. The van der Waals surface area contributed by atoms with Gasteiger partial charge in [0.15, 0.2) is 0 Å². The number of nitrogens with zero attached hydrogens (tertiary/aromatic N) is 1. The third kappa shape index (κ3) is 4.60. The molecule has 0 aromatic heterocycles. The zero-order valence-corrected chi connectivity index (χ0v) is 13.6. The summed E-state index contributed by atoms with van der Waals surface area (Å²) in [6, 6.07) is 5.17. The average molecular weight is 327 g/mol. The summed E-state index contributed by atoms with van der Waals surface area (Å²) in [5.74, 6) is 0.396. The molecular formula is C16H23ClN2O3. The molecule has 1 amide bonds. The summed E-state index contributed by atoms with van der Waals surface area (Å²) in [6.45, 7) is 2.45. The van der Waals surface area contributed by atoms with E-state index in [0.29, 0.717) is 22.9 Å². The molecule has 1 aromatic carbocycles. The summed E-state index contributed by atoms with van der Waals surface area (Å²) < 4.78 is 5.11. The third-order valence-electron chi connectivity index (χ3n) is 4.01. The molecule has 1 heterocycles. The van der Waals surface area contributed by atoms with Crippen LogP contribution < -0.4 is 10.1 Å². The summed E-state index contributed by atoms with van der Waals surface area (Å²) >= 11 is 5.97. The highest BCUT2D eigenvalue weighted by atomic mass is 35.5. The number of rotatable bonds is 6. The first-order valence-electron chi connectivity index (χ1n) is 7.61. The molecule has 22 heavy (non-hydrogen) atoms. The van der Waals surface area contributed by atoms with Gasteiger partial charge >= 0.3 is 0 Å². The number of hydrogen-bond acceptors (Lipinski definition) is 4. The van der Waals surface area contributed by atoms with Crippen LogP contribution in [0.5, 0.6) is 5.75 Å².